The lowest BCUT2D eigenvalue weighted by molar-refractivity contribution is -0.130. The number of amides is 1. The maximum absolute atomic E-state index is 11.6. The van der Waals surface area contributed by atoms with Crippen molar-refractivity contribution in [3.8, 4) is 5.75 Å². The highest BCUT2D eigenvalue weighted by atomic mass is 32.1. The first kappa shape index (κ1) is 15.1. The average molecular weight is 304 g/mol. The molecule has 0 aliphatic carbocycles. The molecular weight excluding hydrogens is 288 g/mol. The fourth-order valence-electron chi connectivity index (χ4n) is 1.57. The Morgan fingerprint density at radius 3 is 2.57 bits per heavy atom. The quantitative estimate of drug-likeness (QED) is 0.874. The summed E-state index contributed by atoms with van der Waals surface area (Å²) in [5.41, 5.74) is 0.746. The van der Waals surface area contributed by atoms with Crippen LogP contribution in [0.4, 0.5) is 0 Å². The van der Waals surface area contributed by atoms with Crippen molar-refractivity contribution in [3.05, 3.63) is 49.4 Å². The molecule has 0 fully saturated rings. The van der Waals surface area contributed by atoms with Gasteiger partial charge in [0.25, 0.3) is 11.5 Å². The average Bonchev–Trinajstić information content (AvgIpc) is 2.75. The van der Waals surface area contributed by atoms with E-state index < -0.39 is 0 Å². The predicted molar refractivity (Wildman–Crippen MR) is 83.9 cm³/mol. The second-order valence-corrected chi connectivity index (χ2v) is 5.77. The monoisotopic (exact) mass is 304 g/mol. The van der Waals surface area contributed by atoms with Crippen LogP contribution in [0.3, 0.4) is 0 Å². The van der Waals surface area contributed by atoms with E-state index >= 15 is 0 Å². The molecule has 6 heteroatoms. The van der Waals surface area contributed by atoms with Crippen molar-refractivity contribution in [3.63, 3.8) is 0 Å². The Hall–Kier alpha value is -2.34. The number of ether oxygens (including phenoxy) is 1. The summed E-state index contributed by atoms with van der Waals surface area (Å²) in [6.07, 6.45) is 1.78. The summed E-state index contributed by atoms with van der Waals surface area (Å²) < 4.78 is 6.62. The first-order valence-electron chi connectivity index (χ1n) is 6.28. The van der Waals surface area contributed by atoms with E-state index in [2.05, 4.69) is 11.6 Å². The minimum atomic E-state index is -0.137. The summed E-state index contributed by atoms with van der Waals surface area (Å²) in [5, 5.41) is 0. The normalized spacial score (nSPS) is 11.4. The number of rotatable bonds is 4. The standard InChI is InChI=1S/C15H16N2O3S/c1-10-16-15(19)13(21-10)8-11-4-6-12(7-5-11)20-9-14(18)17(2)3/h4-8H,1,9H2,2-3H3,(H,16,19)/b13-8-. The van der Waals surface area contributed by atoms with Crippen molar-refractivity contribution in [2.24, 2.45) is 0 Å². The molecule has 0 radical (unpaired) electrons. The summed E-state index contributed by atoms with van der Waals surface area (Å²) in [5.74, 6) is 0.513. The van der Waals surface area contributed by atoms with Gasteiger partial charge in [-0.2, -0.15) is 0 Å². The largest absolute Gasteiger partial charge is 0.484 e. The van der Waals surface area contributed by atoms with Gasteiger partial charge in [0.1, 0.15) is 5.75 Å². The number of aromatic amines is 1. The molecule has 1 N–H and O–H groups in total. The maximum atomic E-state index is 11.6. The zero-order chi connectivity index (χ0) is 15.4. The fourth-order valence-corrected chi connectivity index (χ4v) is 2.32. The highest BCUT2D eigenvalue weighted by molar-refractivity contribution is 7.07. The minimum absolute atomic E-state index is 0.00547. The van der Waals surface area contributed by atoms with Crippen LogP contribution in [0.2, 0.25) is 0 Å². The van der Waals surface area contributed by atoms with Crippen molar-refractivity contribution in [1.82, 2.24) is 9.88 Å². The Kier molecular flexibility index (Phi) is 4.59. The number of hydrogen-bond acceptors (Lipinski definition) is 4. The van der Waals surface area contributed by atoms with Gasteiger partial charge < -0.3 is 14.6 Å². The Morgan fingerprint density at radius 1 is 1.38 bits per heavy atom. The van der Waals surface area contributed by atoms with Gasteiger partial charge in [0.05, 0.1) is 9.20 Å². The van der Waals surface area contributed by atoms with Crippen LogP contribution >= 0.6 is 11.3 Å². The molecule has 1 heterocycles. The van der Waals surface area contributed by atoms with Gasteiger partial charge in [0.15, 0.2) is 6.61 Å². The van der Waals surface area contributed by atoms with Gasteiger partial charge in [-0.25, -0.2) is 0 Å². The molecule has 0 unspecified atom stereocenters. The maximum Gasteiger partial charge on any atom is 0.266 e. The summed E-state index contributed by atoms with van der Waals surface area (Å²) in [7, 11) is 3.36. The van der Waals surface area contributed by atoms with Crippen molar-refractivity contribution in [2.45, 2.75) is 0 Å². The van der Waals surface area contributed by atoms with Gasteiger partial charge in [0, 0.05) is 14.1 Å². The third kappa shape index (κ3) is 4.06. The third-order valence-corrected chi connectivity index (χ3v) is 3.62. The van der Waals surface area contributed by atoms with Crippen LogP contribution in [-0.2, 0) is 4.79 Å². The van der Waals surface area contributed by atoms with Crippen LogP contribution in [-0.4, -0.2) is 36.5 Å². The number of carbonyl (C=O) groups excluding carboxylic acids is 1. The first-order chi connectivity index (χ1) is 9.95. The molecule has 0 aliphatic rings. The topological polar surface area (TPSA) is 62.4 Å². The van der Waals surface area contributed by atoms with Gasteiger partial charge in [-0.1, -0.05) is 18.7 Å². The van der Waals surface area contributed by atoms with Gasteiger partial charge in [0.2, 0.25) is 0 Å². The van der Waals surface area contributed by atoms with Crippen LogP contribution in [0.15, 0.2) is 29.1 Å². The molecule has 1 aromatic heterocycles. The summed E-state index contributed by atoms with van der Waals surface area (Å²) in [6.45, 7) is 3.71. The number of carbonyl (C=O) groups is 1. The van der Waals surface area contributed by atoms with Crippen molar-refractivity contribution >= 4 is 29.9 Å². The zero-order valence-electron chi connectivity index (χ0n) is 11.9. The molecule has 2 rings (SSSR count). The smallest absolute Gasteiger partial charge is 0.266 e. The first-order valence-corrected chi connectivity index (χ1v) is 7.10. The number of likely N-dealkylation sites (N-methyl/N-ethyl adjacent to an activating group) is 1. The van der Waals surface area contributed by atoms with Crippen LogP contribution in [0.25, 0.3) is 12.7 Å². The summed E-state index contributed by atoms with van der Waals surface area (Å²) >= 11 is 1.31. The Bertz CT molecular complexity index is 788. The molecular formula is C15H16N2O3S. The van der Waals surface area contributed by atoms with E-state index in [-0.39, 0.29) is 18.1 Å². The number of H-pyrrole nitrogens is 1. The molecule has 0 saturated carbocycles. The molecule has 0 bridgehead atoms. The van der Waals surface area contributed by atoms with E-state index in [1.807, 2.05) is 12.1 Å². The van der Waals surface area contributed by atoms with Crippen LogP contribution in [0, 0.1) is 0 Å². The molecule has 1 amide bonds. The SMILES string of the molecule is C=c1[nH]c(=O)/c(=C/c2ccc(OCC(=O)N(C)C)cc2)s1. The number of benzene rings is 1. The van der Waals surface area contributed by atoms with Gasteiger partial charge in [-0.15, -0.1) is 11.3 Å². The lowest BCUT2D eigenvalue weighted by atomic mass is 10.2. The van der Waals surface area contributed by atoms with E-state index in [4.69, 9.17) is 4.74 Å². The molecule has 2 aromatic rings. The van der Waals surface area contributed by atoms with Crippen LogP contribution in [0.5, 0.6) is 5.75 Å². The molecule has 21 heavy (non-hydrogen) atoms. The fraction of sp³-hybridized carbons (Fsp3) is 0.200. The third-order valence-electron chi connectivity index (χ3n) is 2.75. The van der Waals surface area contributed by atoms with E-state index in [1.54, 1.807) is 32.3 Å². The highest BCUT2D eigenvalue weighted by Gasteiger charge is 2.04. The zero-order valence-corrected chi connectivity index (χ0v) is 12.7. The summed E-state index contributed by atoms with van der Waals surface area (Å²) in [6, 6.07) is 7.19. The number of thiazole rings is 1. The molecule has 0 aliphatic heterocycles. The molecule has 5 nitrogen and oxygen atoms in total. The predicted octanol–water partition coefficient (Wildman–Crippen LogP) is 0.142. The molecule has 0 spiro atoms. The number of nitrogens with one attached hydrogen (secondary N) is 1. The minimum Gasteiger partial charge on any atom is -0.484 e. The van der Waals surface area contributed by atoms with Crippen LogP contribution in [0.1, 0.15) is 5.56 Å². The van der Waals surface area contributed by atoms with Gasteiger partial charge >= 0.3 is 0 Å². The van der Waals surface area contributed by atoms with Crippen molar-refractivity contribution in [2.75, 3.05) is 20.7 Å². The highest BCUT2D eigenvalue weighted by Crippen LogP contribution is 2.12. The molecule has 0 saturated heterocycles. The molecule has 110 valence electrons. The van der Waals surface area contributed by atoms with Crippen LogP contribution < -0.4 is 19.5 Å². The Labute approximate surface area is 125 Å². The van der Waals surface area contributed by atoms with Crippen molar-refractivity contribution in [1.29, 1.82) is 0 Å². The number of nitrogens with zero attached hydrogens (tertiary/aromatic N) is 1. The lowest BCUT2D eigenvalue weighted by Gasteiger charge is -2.11. The van der Waals surface area contributed by atoms with E-state index in [1.165, 1.54) is 16.2 Å². The molecule has 0 atom stereocenters. The Balaban J connectivity index is 2.11. The number of hydrogen-bond donors (Lipinski definition) is 1. The second kappa shape index (κ2) is 6.41. The van der Waals surface area contributed by atoms with Crippen molar-refractivity contribution < 1.29 is 9.53 Å². The number of aromatic nitrogens is 1. The second-order valence-electron chi connectivity index (χ2n) is 4.63. The molecule has 1 aromatic carbocycles. The lowest BCUT2D eigenvalue weighted by Crippen LogP contribution is -2.27. The van der Waals surface area contributed by atoms with E-state index in [0.29, 0.717) is 14.9 Å². The van der Waals surface area contributed by atoms with Gasteiger partial charge in [-0.3, -0.25) is 9.59 Å². The summed E-state index contributed by atoms with van der Waals surface area (Å²) in [4.78, 5) is 27.1. The van der Waals surface area contributed by atoms with E-state index in [9.17, 15) is 9.59 Å². The van der Waals surface area contributed by atoms with E-state index in [0.717, 1.165) is 5.56 Å². The van der Waals surface area contributed by atoms with Gasteiger partial charge in [-0.05, 0) is 23.8 Å². The Morgan fingerprint density at radius 2 is 2.05 bits per heavy atom.